The van der Waals surface area contributed by atoms with Crippen LogP contribution in [-0.4, -0.2) is 61.5 Å². The van der Waals surface area contributed by atoms with Crippen molar-refractivity contribution >= 4 is 29.1 Å². The Morgan fingerprint density at radius 2 is 2.55 bits per heavy atom. The summed E-state index contributed by atoms with van der Waals surface area (Å²) in [7, 11) is 2.12. The van der Waals surface area contributed by atoms with E-state index in [0.717, 1.165) is 61.7 Å². The second kappa shape index (κ2) is 10.1. The van der Waals surface area contributed by atoms with Crippen molar-refractivity contribution in [1.82, 2.24) is 15.2 Å². The van der Waals surface area contributed by atoms with Gasteiger partial charge in [-0.05, 0) is 19.8 Å². The van der Waals surface area contributed by atoms with E-state index >= 15 is 0 Å². The maximum Gasteiger partial charge on any atom is 0.193 e. The summed E-state index contributed by atoms with van der Waals surface area (Å²) in [6, 6.07) is 0. The Morgan fingerprint density at radius 3 is 3.23 bits per heavy atom. The predicted octanol–water partition coefficient (Wildman–Crippen LogP) is 2.56. The number of aliphatic imine (C=N–C) groups is 1. The molecule has 1 atom stereocenters. The quantitative estimate of drug-likeness (QED) is 0.340. The van der Waals surface area contributed by atoms with Crippen LogP contribution in [0.25, 0.3) is 0 Å². The zero-order chi connectivity index (χ0) is 15.6. The van der Waals surface area contributed by atoms with Crippen LogP contribution in [0.2, 0.25) is 0 Å². The summed E-state index contributed by atoms with van der Waals surface area (Å²) in [6.07, 6.45) is 4.09. The molecule has 0 aromatic carbocycles. The molecule has 1 saturated heterocycles. The molecule has 1 aliphatic heterocycles. The highest BCUT2D eigenvalue weighted by molar-refractivity contribution is 8.00. The summed E-state index contributed by atoms with van der Waals surface area (Å²) in [6.45, 7) is 6.67. The molecule has 5 nitrogen and oxygen atoms in total. The molecule has 1 unspecified atom stereocenters. The van der Waals surface area contributed by atoms with E-state index in [0.29, 0.717) is 5.92 Å². The number of nitrogens with one attached hydrogen (secondary N) is 1. The van der Waals surface area contributed by atoms with Gasteiger partial charge >= 0.3 is 0 Å². The Kier molecular flexibility index (Phi) is 8.04. The maximum atomic E-state index is 5.45. The topological polar surface area (TPSA) is 49.8 Å². The van der Waals surface area contributed by atoms with Gasteiger partial charge < -0.3 is 15.0 Å². The predicted molar refractivity (Wildman–Crippen MR) is 95.0 cm³/mol. The number of hydrogen-bond donors (Lipinski definition) is 1. The van der Waals surface area contributed by atoms with Gasteiger partial charge in [0.05, 0.1) is 6.61 Å². The van der Waals surface area contributed by atoms with E-state index in [1.165, 1.54) is 0 Å². The average Bonchev–Trinajstić information content (AvgIpc) is 3.19. The van der Waals surface area contributed by atoms with Crippen molar-refractivity contribution in [3.05, 3.63) is 11.6 Å². The van der Waals surface area contributed by atoms with Crippen LogP contribution >= 0.6 is 23.1 Å². The summed E-state index contributed by atoms with van der Waals surface area (Å²) in [4.78, 5) is 11.2. The Labute approximate surface area is 141 Å². The van der Waals surface area contributed by atoms with Gasteiger partial charge in [-0.3, -0.25) is 4.99 Å². The maximum absolute atomic E-state index is 5.45. The van der Waals surface area contributed by atoms with Gasteiger partial charge in [-0.1, -0.05) is 11.8 Å². The highest BCUT2D eigenvalue weighted by Crippen LogP contribution is 2.20. The lowest BCUT2D eigenvalue weighted by Gasteiger charge is -2.24. The molecule has 2 rings (SSSR count). The third kappa shape index (κ3) is 6.14. The molecule has 0 amide bonds. The van der Waals surface area contributed by atoms with Crippen molar-refractivity contribution in [3.8, 4) is 0 Å². The summed E-state index contributed by atoms with van der Waals surface area (Å²) in [5.74, 6) is 2.71. The molecule has 1 aromatic heterocycles. The van der Waals surface area contributed by atoms with Gasteiger partial charge in [0.25, 0.3) is 0 Å². The first-order chi connectivity index (χ1) is 10.8. The summed E-state index contributed by atoms with van der Waals surface area (Å²) in [5.41, 5.74) is 0. The van der Waals surface area contributed by atoms with Gasteiger partial charge in [0.1, 0.15) is 4.34 Å². The number of aromatic nitrogens is 1. The minimum absolute atomic E-state index is 0.634. The number of hydrogen-bond acceptors (Lipinski definition) is 5. The lowest BCUT2D eigenvalue weighted by Crippen LogP contribution is -2.41. The molecular formula is C15H26N4OS2. The fourth-order valence-corrected chi connectivity index (χ4v) is 3.99. The van der Waals surface area contributed by atoms with Gasteiger partial charge in [0.15, 0.2) is 5.96 Å². The van der Waals surface area contributed by atoms with Crippen LogP contribution in [0.3, 0.4) is 0 Å². The molecule has 0 aliphatic carbocycles. The summed E-state index contributed by atoms with van der Waals surface area (Å²) in [5, 5.41) is 5.40. The average molecular weight is 343 g/mol. The van der Waals surface area contributed by atoms with E-state index in [9.17, 15) is 0 Å². The van der Waals surface area contributed by atoms with Crippen LogP contribution in [0.1, 0.15) is 19.8 Å². The minimum Gasteiger partial charge on any atom is -0.381 e. The van der Waals surface area contributed by atoms with Crippen LogP contribution in [0.4, 0.5) is 0 Å². The molecule has 1 aliphatic rings. The molecule has 0 spiro atoms. The van der Waals surface area contributed by atoms with Crippen LogP contribution in [0.15, 0.2) is 20.9 Å². The van der Waals surface area contributed by atoms with Crippen molar-refractivity contribution in [1.29, 1.82) is 0 Å². The van der Waals surface area contributed by atoms with Gasteiger partial charge in [-0.15, -0.1) is 11.3 Å². The third-order valence-electron chi connectivity index (χ3n) is 3.45. The highest BCUT2D eigenvalue weighted by Gasteiger charge is 2.18. The van der Waals surface area contributed by atoms with Gasteiger partial charge in [0.2, 0.25) is 0 Å². The second-order valence-electron chi connectivity index (χ2n) is 5.35. The largest absolute Gasteiger partial charge is 0.381 e. The second-order valence-corrected chi connectivity index (χ2v) is 7.58. The molecule has 0 saturated carbocycles. The van der Waals surface area contributed by atoms with E-state index in [1.54, 1.807) is 11.3 Å². The normalized spacial score (nSPS) is 18.6. The minimum atomic E-state index is 0.634. The summed E-state index contributed by atoms with van der Waals surface area (Å²) < 4.78 is 6.60. The zero-order valence-electron chi connectivity index (χ0n) is 13.5. The Hall–Kier alpha value is -0.790. The van der Waals surface area contributed by atoms with Gasteiger partial charge in [0, 0.05) is 56.5 Å². The van der Waals surface area contributed by atoms with Crippen molar-refractivity contribution in [2.45, 2.75) is 24.1 Å². The first-order valence-corrected chi connectivity index (χ1v) is 9.75. The lowest BCUT2D eigenvalue weighted by atomic mass is 10.1. The molecule has 2 heterocycles. The van der Waals surface area contributed by atoms with Crippen LogP contribution in [0.5, 0.6) is 0 Å². The summed E-state index contributed by atoms with van der Waals surface area (Å²) >= 11 is 3.52. The van der Waals surface area contributed by atoms with Crippen molar-refractivity contribution < 1.29 is 4.74 Å². The lowest BCUT2D eigenvalue weighted by molar-refractivity contribution is 0.181. The number of thiazole rings is 1. The molecule has 0 bridgehead atoms. The smallest absolute Gasteiger partial charge is 0.193 e. The number of thioether (sulfide) groups is 1. The van der Waals surface area contributed by atoms with E-state index in [2.05, 4.69) is 29.2 Å². The van der Waals surface area contributed by atoms with Crippen LogP contribution < -0.4 is 5.32 Å². The van der Waals surface area contributed by atoms with Crippen molar-refractivity contribution in [2.75, 3.05) is 45.6 Å². The van der Waals surface area contributed by atoms with E-state index in [1.807, 2.05) is 23.3 Å². The van der Waals surface area contributed by atoms with Gasteiger partial charge in [-0.2, -0.15) is 0 Å². The number of nitrogens with zero attached hydrogens (tertiary/aromatic N) is 3. The molecule has 7 heteroatoms. The molecule has 124 valence electrons. The zero-order valence-corrected chi connectivity index (χ0v) is 15.1. The number of guanidine groups is 1. The molecular weight excluding hydrogens is 316 g/mol. The molecule has 0 radical (unpaired) electrons. The van der Waals surface area contributed by atoms with Crippen molar-refractivity contribution in [3.63, 3.8) is 0 Å². The first kappa shape index (κ1) is 17.6. The van der Waals surface area contributed by atoms with Crippen molar-refractivity contribution in [2.24, 2.45) is 10.9 Å². The van der Waals surface area contributed by atoms with E-state index in [4.69, 9.17) is 9.73 Å². The monoisotopic (exact) mass is 342 g/mol. The Morgan fingerprint density at radius 1 is 1.64 bits per heavy atom. The highest BCUT2D eigenvalue weighted by atomic mass is 32.2. The van der Waals surface area contributed by atoms with Crippen LogP contribution in [-0.2, 0) is 4.74 Å². The molecule has 1 N–H and O–H groups in total. The standard InChI is InChI=1S/C15H26N4OS2/c1-3-16-14(19(2)11-13-5-8-20-12-13)17-6-4-9-21-15-18-7-10-22-15/h7,10,13H,3-6,8-9,11-12H2,1-2H3,(H,16,17). The number of ether oxygens (including phenoxy) is 1. The molecule has 1 aromatic rings. The molecule has 22 heavy (non-hydrogen) atoms. The van der Waals surface area contributed by atoms with E-state index < -0.39 is 0 Å². The Bertz CT molecular complexity index is 433. The Balaban J connectivity index is 1.70. The number of rotatable bonds is 8. The first-order valence-electron chi connectivity index (χ1n) is 7.89. The van der Waals surface area contributed by atoms with Crippen LogP contribution in [0, 0.1) is 5.92 Å². The fourth-order valence-electron chi connectivity index (χ4n) is 2.36. The fraction of sp³-hybridized carbons (Fsp3) is 0.733. The SMILES string of the molecule is CCNC(=NCCCSc1nccs1)N(C)CC1CCOC1. The third-order valence-corrected chi connectivity index (χ3v) is 5.50. The molecule has 1 fully saturated rings. The van der Waals surface area contributed by atoms with E-state index in [-0.39, 0.29) is 0 Å². The van der Waals surface area contributed by atoms with Gasteiger partial charge in [-0.25, -0.2) is 4.98 Å².